The van der Waals surface area contributed by atoms with Crippen molar-refractivity contribution in [3.8, 4) is 22.8 Å². The average Bonchev–Trinajstić information content (AvgIpc) is 2.84. The first-order chi connectivity index (χ1) is 15.0. The van der Waals surface area contributed by atoms with Crippen LogP contribution in [-0.2, 0) is 11.3 Å². The average molecular weight is 465 g/mol. The molecule has 0 unspecified atom stereocenters. The van der Waals surface area contributed by atoms with Crippen molar-refractivity contribution in [2.24, 2.45) is 0 Å². The zero-order valence-corrected chi connectivity index (χ0v) is 18.8. The molecule has 0 aliphatic carbocycles. The van der Waals surface area contributed by atoms with E-state index in [0.29, 0.717) is 53.9 Å². The maximum Gasteiger partial charge on any atom is 0.407 e. The summed E-state index contributed by atoms with van der Waals surface area (Å²) in [6, 6.07) is 4.54. The maximum absolute atomic E-state index is 12.2. The molecular formula is C22H25ClN2O7. The Balaban J connectivity index is 1.69. The summed E-state index contributed by atoms with van der Waals surface area (Å²) >= 11 is 6.39. The van der Waals surface area contributed by atoms with Crippen LogP contribution >= 0.6 is 11.6 Å². The molecule has 0 atom stereocenters. The molecule has 0 radical (unpaired) electrons. The molecule has 3 rings (SSSR count). The fourth-order valence-electron chi connectivity index (χ4n) is 3.13. The molecule has 1 aromatic heterocycles. The third kappa shape index (κ3) is 5.73. The Morgan fingerprint density at radius 3 is 2.72 bits per heavy atom. The number of fused-ring (bicyclic) bond motifs is 3. The number of aromatic nitrogens is 1. The van der Waals surface area contributed by atoms with Crippen LogP contribution in [-0.4, -0.2) is 47.1 Å². The number of carboxylic acids is 1. The summed E-state index contributed by atoms with van der Waals surface area (Å²) in [5, 5.41) is 12.2. The number of hydrogen-bond donors (Lipinski definition) is 2. The van der Waals surface area contributed by atoms with Gasteiger partial charge in [0, 0.05) is 30.4 Å². The van der Waals surface area contributed by atoms with E-state index in [9.17, 15) is 19.5 Å². The zero-order valence-electron chi connectivity index (χ0n) is 18.1. The minimum Gasteiger partial charge on any atom is -0.492 e. The summed E-state index contributed by atoms with van der Waals surface area (Å²) in [6.45, 7) is 6.69. The van der Waals surface area contributed by atoms with E-state index in [1.807, 2.05) is 0 Å². The molecule has 9 nitrogen and oxygen atoms in total. The summed E-state index contributed by atoms with van der Waals surface area (Å²) < 4.78 is 18.4. The van der Waals surface area contributed by atoms with Gasteiger partial charge in [-0.25, -0.2) is 9.59 Å². The van der Waals surface area contributed by atoms with Gasteiger partial charge in [-0.2, -0.15) is 0 Å². The van der Waals surface area contributed by atoms with Gasteiger partial charge < -0.3 is 29.2 Å². The lowest BCUT2D eigenvalue weighted by Gasteiger charge is -2.19. The van der Waals surface area contributed by atoms with Gasteiger partial charge in [-0.15, -0.1) is 0 Å². The Kier molecular flexibility index (Phi) is 6.98. The van der Waals surface area contributed by atoms with E-state index in [0.717, 1.165) is 0 Å². The summed E-state index contributed by atoms with van der Waals surface area (Å²) in [6.07, 6.45) is 1.35. The number of carbonyl (C=O) groups excluding carboxylic acids is 1. The number of ether oxygens (including phenoxy) is 3. The van der Waals surface area contributed by atoms with E-state index < -0.39 is 23.1 Å². The van der Waals surface area contributed by atoms with E-state index in [2.05, 4.69) is 5.32 Å². The van der Waals surface area contributed by atoms with Crippen molar-refractivity contribution in [3.05, 3.63) is 45.2 Å². The Morgan fingerprint density at radius 2 is 2.03 bits per heavy atom. The summed E-state index contributed by atoms with van der Waals surface area (Å²) in [5.74, 6) is -0.399. The highest BCUT2D eigenvalue weighted by molar-refractivity contribution is 6.32. The predicted molar refractivity (Wildman–Crippen MR) is 118 cm³/mol. The van der Waals surface area contributed by atoms with Gasteiger partial charge in [-0.1, -0.05) is 11.6 Å². The van der Waals surface area contributed by atoms with Gasteiger partial charge in [0.1, 0.15) is 29.3 Å². The van der Waals surface area contributed by atoms with Crippen molar-refractivity contribution in [1.82, 2.24) is 9.88 Å². The third-order valence-electron chi connectivity index (χ3n) is 4.50. The normalized spacial score (nSPS) is 12.6. The number of hydrogen-bond acceptors (Lipinski definition) is 6. The van der Waals surface area contributed by atoms with Crippen LogP contribution in [0.5, 0.6) is 11.5 Å². The van der Waals surface area contributed by atoms with Gasteiger partial charge in [-0.3, -0.25) is 4.79 Å². The monoisotopic (exact) mass is 464 g/mol. The van der Waals surface area contributed by atoms with Crippen molar-refractivity contribution in [2.45, 2.75) is 39.3 Å². The number of nitrogens with zero attached hydrogens (tertiary/aromatic N) is 1. The van der Waals surface area contributed by atoms with Crippen LogP contribution in [0, 0.1) is 0 Å². The molecule has 1 amide bonds. The lowest BCUT2D eigenvalue weighted by Crippen LogP contribution is -2.33. The van der Waals surface area contributed by atoms with E-state index in [-0.39, 0.29) is 12.2 Å². The van der Waals surface area contributed by atoms with E-state index in [1.165, 1.54) is 12.3 Å². The van der Waals surface area contributed by atoms with Gasteiger partial charge in [0.25, 0.3) is 0 Å². The van der Waals surface area contributed by atoms with E-state index >= 15 is 0 Å². The number of aromatic carboxylic acids is 1. The standard InChI is InChI=1S/C22H25ClN2O7/c1-22(2,3)32-21(29)24-5-4-7-30-19-11-18-13(9-15(19)23)16-10-17(26)14(20(27)28)12-25(16)6-8-31-18/h9-12H,4-8H2,1-3H3,(H,24,29)(H,27,28). The molecule has 1 aromatic carbocycles. The number of amides is 1. The number of halogens is 1. The highest BCUT2D eigenvalue weighted by Crippen LogP contribution is 2.39. The summed E-state index contributed by atoms with van der Waals surface area (Å²) in [7, 11) is 0. The second kappa shape index (κ2) is 9.52. The molecule has 0 spiro atoms. The van der Waals surface area contributed by atoms with E-state index in [4.69, 9.17) is 25.8 Å². The second-order valence-corrected chi connectivity index (χ2v) is 8.60. The van der Waals surface area contributed by atoms with Gasteiger partial charge in [0.05, 0.1) is 23.9 Å². The third-order valence-corrected chi connectivity index (χ3v) is 4.80. The Bertz CT molecular complexity index is 1090. The molecular weight excluding hydrogens is 440 g/mol. The molecule has 0 saturated carbocycles. The second-order valence-electron chi connectivity index (χ2n) is 8.19. The Labute approximate surface area is 189 Å². The van der Waals surface area contributed by atoms with Crippen LogP contribution in [0.4, 0.5) is 4.79 Å². The molecule has 0 bridgehead atoms. The first-order valence-corrected chi connectivity index (χ1v) is 10.5. The largest absolute Gasteiger partial charge is 0.492 e. The molecule has 1 aliphatic rings. The van der Waals surface area contributed by atoms with Gasteiger partial charge in [-0.05, 0) is 33.3 Å². The topological polar surface area (TPSA) is 116 Å². The molecule has 32 heavy (non-hydrogen) atoms. The number of carbonyl (C=O) groups is 2. The molecule has 172 valence electrons. The summed E-state index contributed by atoms with van der Waals surface area (Å²) in [5.41, 5.74) is -0.369. The van der Waals surface area contributed by atoms with Crippen molar-refractivity contribution in [2.75, 3.05) is 19.8 Å². The molecule has 0 saturated heterocycles. The molecule has 2 N–H and O–H groups in total. The number of benzene rings is 1. The zero-order chi connectivity index (χ0) is 23.5. The first-order valence-electron chi connectivity index (χ1n) is 10.1. The fourth-order valence-corrected chi connectivity index (χ4v) is 3.35. The highest BCUT2D eigenvalue weighted by atomic mass is 35.5. The minimum absolute atomic E-state index is 0.281. The maximum atomic E-state index is 12.2. The quantitative estimate of drug-likeness (QED) is 0.628. The number of rotatable bonds is 6. The number of nitrogens with one attached hydrogen (secondary N) is 1. The molecule has 10 heteroatoms. The van der Waals surface area contributed by atoms with Crippen LogP contribution < -0.4 is 20.2 Å². The van der Waals surface area contributed by atoms with Gasteiger partial charge in [0.2, 0.25) is 0 Å². The van der Waals surface area contributed by atoms with Crippen LogP contribution in [0.1, 0.15) is 37.6 Å². The minimum atomic E-state index is -1.28. The van der Waals surface area contributed by atoms with Crippen molar-refractivity contribution >= 4 is 23.7 Å². The van der Waals surface area contributed by atoms with Gasteiger partial charge >= 0.3 is 12.1 Å². The Morgan fingerprint density at radius 1 is 1.28 bits per heavy atom. The smallest absolute Gasteiger partial charge is 0.407 e. The Hall–Kier alpha value is -3.20. The molecule has 0 fully saturated rings. The predicted octanol–water partition coefficient (Wildman–Crippen LogP) is 3.55. The van der Waals surface area contributed by atoms with Crippen molar-refractivity contribution in [3.63, 3.8) is 0 Å². The van der Waals surface area contributed by atoms with Crippen LogP contribution in [0.15, 0.2) is 29.2 Å². The van der Waals surface area contributed by atoms with Crippen LogP contribution in [0.3, 0.4) is 0 Å². The van der Waals surface area contributed by atoms with Crippen molar-refractivity contribution in [1.29, 1.82) is 0 Å². The molecule has 1 aliphatic heterocycles. The molecule has 2 aromatic rings. The lowest BCUT2D eigenvalue weighted by atomic mass is 10.1. The first kappa shape index (κ1) is 23.5. The highest BCUT2D eigenvalue weighted by Gasteiger charge is 2.21. The SMILES string of the molecule is CC(C)(C)OC(=O)NCCCOc1cc2c(cc1Cl)-c1cc(=O)c(C(=O)O)cn1CCO2. The lowest BCUT2D eigenvalue weighted by molar-refractivity contribution is 0.0525. The number of carboxylic acid groups (broad SMARTS) is 1. The van der Waals surface area contributed by atoms with E-state index in [1.54, 1.807) is 37.5 Å². The van der Waals surface area contributed by atoms with Gasteiger partial charge in [0.15, 0.2) is 5.43 Å². The van der Waals surface area contributed by atoms with Crippen molar-refractivity contribution < 1.29 is 28.9 Å². The number of pyridine rings is 1. The summed E-state index contributed by atoms with van der Waals surface area (Å²) in [4.78, 5) is 35.1. The molecule has 2 heterocycles. The van der Waals surface area contributed by atoms with Crippen LogP contribution in [0.2, 0.25) is 5.02 Å². The fraction of sp³-hybridized carbons (Fsp3) is 0.409. The van der Waals surface area contributed by atoms with Crippen LogP contribution in [0.25, 0.3) is 11.3 Å². The number of alkyl carbamates (subject to hydrolysis) is 1.